The lowest BCUT2D eigenvalue weighted by atomic mass is 9.82. The number of hydrogen-bond donors (Lipinski definition) is 0. The number of esters is 1. The van der Waals surface area contributed by atoms with Gasteiger partial charge in [-0.1, -0.05) is 13.8 Å². The standard InChI is InChI=1S/C18H25N3O3/c1-11-6-13-15(7-12(11)2)21(10-19-13)8-16-20-14(9-23-16)17(22)24-18(3,4)5/h9-12H,6-8H2,1-5H3. The van der Waals surface area contributed by atoms with Crippen molar-refractivity contribution in [1.29, 1.82) is 0 Å². The monoisotopic (exact) mass is 331 g/mol. The van der Waals surface area contributed by atoms with Crippen LogP contribution in [-0.2, 0) is 24.1 Å². The van der Waals surface area contributed by atoms with Crippen molar-refractivity contribution in [1.82, 2.24) is 14.5 Å². The number of carbonyl (C=O) groups excluding carboxylic acids is 1. The van der Waals surface area contributed by atoms with Crippen LogP contribution in [0.3, 0.4) is 0 Å². The van der Waals surface area contributed by atoms with E-state index >= 15 is 0 Å². The summed E-state index contributed by atoms with van der Waals surface area (Å²) in [7, 11) is 0. The van der Waals surface area contributed by atoms with E-state index in [9.17, 15) is 4.79 Å². The van der Waals surface area contributed by atoms with Gasteiger partial charge < -0.3 is 13.7 Å². The molecule has 0 fully saturated rings. The average Bonchev–Trinajstić information content (AvgIpc) is 3.07. The molecule has 2 unspecified atom stereocenters. The Morgan fingerprint density at radius 1 is 1.33 bits per heavy atom. The fraction of sp³-hybridized carbons (Fsp3) is 0.611. The first-order chi connectivity index (χ1) is 11.2. The predicted molar refractivity (Wildman–Crippen MR) is 88.7 cm³/mol. The lowest BCUT2D eigenvalue weighted by molar-refractivity contribution is 0.00627. The molecule has 24 heavy (non-hydrogen) atoms. The summed E-state index contributed by atoms with van der Waals surface area (Å²) in [5.41, 5.74) is 2.07. The van der Waals surface area contributed by atoms with Crippen LogP contribution in [0.1, 0.15) is 62.4 Å². The summed E-state index contributed by atoms with van der Waals surface area (Å²) in [6.07, 6.45) is 5.22. The second-order valence-corrected chi connectivity index (χ2v) is 7.76. The van der Waals surface area contributed by atoms with Gasteiger partial charge in [0.1, 0.15) is 18.4 Å². The minimum Gasteiger partial charge on any atom is -0.455 e. The Kier molecular flexibility index (Phi) is 4.24. The normalized spacial score (nSPS) is 20.7. The Morgan fingerprint density at radius 2 is 2.04 bits per heavy atom. The van der Waals surface area contributed by atoms with Crippen molar-refractivity contribution in [3.8, 4) is 0 Å². The third kappa shape index (κ3) is 3.52. The minimum atomic E-state index is -0.549. The average molecular weight is 331 g/mol. The van der Waals surface area contributed by atoms with Gasteiger partial charge in [-0.3, -0.25) is 0 Å². The first-order valence-electron chi connectivity index (χ1n) is 8.43. The zero-order chi connectivity index (χ0) is 17.5. The highest BCUT2D eigenvalue weighted by atomic mass is 16.6. The molecule has 2 heterocycles. The van der Waals surface area contributed by atoms with Crippen molar-refractivity contribution in [3.63, 3.8) is 0 Å². The van der Waals surface area contributed by atoms with E-state index in [0.29, 0.717) is 24.3 Å². The van der Waals surface area contributed by atoms with Gasteiger partial charge in [-0.05, 0) is 45.4 Å². The highest BCUT2D eigenvalue weighted by molar-refractivity contribution is 5.87. The highest BCUT2D eigenvalue weighted by Crippen LogP contribution is 2.29. The molecule has 2 aromatic rings. The predicted octanol–water partition coefficient (Wildman–Crippen LogP) is 3.25. The van der Waals surface area contributed by atoms with Crippen LogP contribution < -0.4 is 0 Å². The van der Waals surface area contributed by atoms with E-state index in [1.807, 2.05) is 27.1 Å². The van der Waals surface area contributed by atoms with Gasteiger partial charge in [-0.25, -0.2) is 14.8 Å². The number of aromatic nitrogens is 3. The Morgan fingerprint density at radius 3 is 2.75 bits per heavy atom. The van der Waals surface area contributed by atoms with Crippen LogP contribution in [0.5, 0.6) is 0 Å². The van der Waals surface area contributed by atoms with Crippen LogP contribution in [0.2, 0.25) is 0 Å². The van der Waals surface area contributed by atoms with E-state index in [4.69, 9.17) is 9.15 Å². The number of nitrogens with zero attached hydrogens (tertiary/aromatic N) is 3. The molecule has 0 aliphatic heterocycles. The van der Waals surface area contributed by atoms with Gasteiger partial charge >= 0.3 is 5.97 Å². The Bertz CT molecular complexity index is 739. The summed E-state index contributed by atoms with van der Waals surface area (Å²) in [4.78, 5) is 20.8. The molecule has 1 aliphatic carbocycles. The SMILES string of the molecule is CC1Cc2ncn(Cc3nc(C(=O)OC(C)(C)C)co3)c2CC1C. The molecule has 3 rings (SSSR count). The second-order valence-electron chi connectivity index (χ2n) is 7.76. The lowest BCUT2D eigenvalue weighted by Gasteiger charge is -2.25. The molecule has 0 saturated heterocycles. The molecule has 6 heteroatoms. The lowest BCUT2D eigenvalue weighted by Crippen LogP contribution is -2.24. The molecule has 2 atom stereocenters. The van der Waals surface area contributed by atoms with Crippen LogP contribution in [-0.4, -0.2) is 26.1 Å². The quantitative estimate of drug-likeness (QED) is 0.808. The molecular formula is C18H25N3O3. The minimum absolute atomic E-state index is 0.205. The zero-order valence-corrected chi connectivity index (χ0v) is 15.0. The van der Waals surface area contributed by atoms with Gasteiger partial charge in [0.25, 0.3) is 0 Å². The first kappa shape index (κ1) is 16.7. The van der Waals surface area contributed by atoms with E-state index in [0.717, 1.165) is 12.8 Å². The van der Waals surface area contributed by atoms with Crippen molar-refractivity contribution < 1.29 is 13.9 Å². The molecule has 0 amide bonds. The maximum Gasteiger partial charge on any atom is 0.360 e. The van der Waals surface area contributed by atoms with Gasteiger partial charge in [0.15, 0.2) is 5.69 Å². The van der Waals surface area contributed by atoms with Gasteiger partial charge in [-0.15, -0.1) is 0 Å². The molecule has 0 saturated carbocycles. The van der Waals surface area contributed by atoms with Gasteiger partial charge in [-0.2, -0.15) is 0 Å². The Hall–Kier alpha value is -2.11. The maximum atomic E-state index is 12.0. The molecule has 0 bridgehead atoms. The smallest absolute Gasteiger partial charge is 0.360 e. The fourth-order valence-electron chi connectivity index (χ4n) is 2.96. The van der Waals surface area contributed by atoms with Crippen molar-refractivity contribution in [3.05, 3.63) is 35.6 Å². The summed E-state index contributed by atoms with van der Waals surface area (Å²) in [6.45, 7) is 10.5. The van der Waals surface area contributed by atoms with Crippen LogP contribution >= 0.6 is 0 Å². The number of ether oxygens (including phenoxy) is 1. The molecule has 0 spiro atoms. The van der Waals surface area contributed by atoms with Crippen LogP contribution in [0.25, 0.3) is 0 Å². The molecule has 6 nitrogen and oxygen atoms in total. The highest BCUT2D eigenvalue weighted by Gasteiger charge is 2.26. The van der Waals surface area contributed by atoms with Crippen LogP contribution in [0, 0.1) is 11.8 Å². The van der Waals surface area contributed by atoms with E-state index < -0.39 is 11.6 Å². The summed E-state index contributed by atoms with van der Waals surface area (Å²) in [5, 5.41) is 0. The molecule has 2 aromatic heterocycles. The fourth-order valence-corrected chi connectivity index (χ4v) is 2.96. The van der Waals surface area contributed by atoms with Crippen molar-refractivity contribution in [2.45, 2.75) is 59.6 Å². The number of rotatable bonds is 3. The van der Waals surface area contributed by atoms with Crippen molar-refractivity contribution in [2.24, 2.45) is 11.8 Å². The Balaban J connectivity index is 1.73. The maximum absolute atomic E-state index is 12.0. The molecular weight excluding hydrogens is 306 g/mol. The van der Waals surface area contributed by atoms with E-state index in [1.54, 1.807) is 0 Å². The molecule has 0 N–H and O–H groups in total. The summed E-state index contributed by atoms with van der Waals surface area (Å²) in [5.74, 6) is 1.31. The molecule has 0 radical (unpaired) electrons. The number of imidazole rings is 1. The molecule has 0 aromatic carbocycles. The van der Waals surface area contributed by atoms with E-state index in [-0.39, 0.29) is 5.69 Å². The van der Waals surface area contributed by atoms with Crippen LogP contribution in [0.15, 0.2) is 17.0 Å². The van der Waals surface area contributed by atoms with E-state index in [2.05, 4.69) is 28.4 Å². The topological polar surface area (TPSA) is 70.2 Å². The second kappa shape index (κ2) is 6.07. The summed E-state index contributed by atoms with van der Waals surface area (Å²) >= 11 is 0. The molecule has 1 aliphatic rings. The zero-order valence-electron chi connectivity index (χ0n) is 15.0. The number of oxazole rings is 1. The first-order valence-corrected chi connectivity index (χ1v) is 8.43. The van der Waals surface area contributed by atoms with Gasteiger partial charge in [0, 0.05) is 5.69 Å². The van der Waals surface area contributed by atoms with Crippen molar-refractivity contribution in [2.75, 3.05) is 0 Å². The molecule has 130 valence electrons. The third-order valence-electron chi connectivity index (χ3n) is 4.50. The number of carbonyl (C=O) groups is 1. The number of fused-ring (bicyclic) bond motifs is 1. The summed E-state index contributed by atoms with van der Waals surface area (Å²) in [6, 6.07) is 0. The Labute approximate surface area is 142 Å². The van der Waals surface area contributed by atoms with Gasteiger partial charge in [0.2, 0.25) is 5.89 Å². The largest absolute Gasteiger partial charge is 0.455 e. The third-order valence-corrected chi connectivity index (χ3v) is 4.50. The van der Waals surface area contributed by atoms with Crippen LogP contribution in [0.4, 0.5) is 0 Å². The van der Waals surface area contributed by atoms with Gasteiger partial charge in [0.05, 0.1) is 12.0 Å². The summed E-state index contributed by atoms with van der Waals surface area (Å²) < 4.78 is 12.8. The van der Waals surface area contributed by atoms with E-state index in [1.165, 1.54) is 17.7 Å². The number of hydrogen-bond acceptors (Lipinski definition) is 5. The van der Waals surface area contributed by atoms with Crippen molar-refractivity contribution >= 4 is 5.97 Å².